The highest BCUT2D eigenvalue weighted by atomic mass is 16.6. The Labute approximate surface area is 142 Å². The molecule has 0 aliphatic heterocycles. The van der Waals surface area contributed by atoms with Crippen molar-refractivity contribution in [2.75, 3.05) is 4.90 Å². The average molecular weight is 317 g/mol. The molecule has 120 valence electrons. The van der Waals surface area contributed by atoms with E-state index in [4.69, 9.17) is 4.74 Å². The average Bonchev–Trinajstić information content (AvgIpc) is 2.64. The Morgan fingerprint density at radius 3 is 1.62 bits per heavy atom. The van der Waals surface area contributed by atoms with Crippen LogP contribution >= 0.6 is 0 Å². The number of carbonyl (C=O) groups is 1. The van der Waals surface area contributed by atoms with Gasteiger partial charge in [-0.25, -0.2) is 9.69 Å². The summed E-state index contributed by atoms with van der Waals surface area (Å²) in [6, 6.07) is 28.7. The van der Waals surface area contributed by atoms with Crippen LogP contribution in [0.1, 0.15) is 18.6 Å². The summed E-state index contributed by atoms with van der Waals surface area (Å²) in [7, 11) is 0. The Morgan fingerprint density at radius 1 is 0.750 bits per heavy atom. The van der Waals surface area contributed by atoms with Gasteiger partial charge in [-0.3, -0.25) is 0 Å². The fourth-order valence-corrected chi connectivity index (χ4v) is 2.51. The fourth-order valence-electron chi connectivity index (χ4n) is 2.51. The maximum atomic E-state index is 12.8. The van der Waals surface area contributed by atoms with Crippen molar-refractivity contribution in [1.82, 2.24) is 0 Å². The second-order valence-corrected chi connectivity index (χ2v) is 5.44. The Hall–Kier alpha value is -3.07. The molecule has 0 bridgehead atoms. The zero-order valence-corrected chi connectivity index (χ0v) is 13.5. The molecule has 0 aliphatic rings. The van der Waals surface area contributed by atoms with Crippen molar-refractivity contribution in [3.05, 3.63) is 96.6 Å². The minimum absolute atomic E-state index is 0.325. The van der Waals surface area contributed by atoms with E-state index in [1.807, 2.05) is 97.9 Å². The van der Waals surface area contributed by atoms with Crippen LogP contribution in [0.5, 0.6) is 0 Å². The second-order valence-electron chi connectivity index (χ2n) is 5.44. The first-order valence-electron chi connectivity index (χ1n) is 7.91. The third-order valence-electron chi connectivity index (χ3n) is 3.76. The van der Waals surface area contributed by atoms with Crippen LogP contribution in [0.2, 0.25) is 0 Å². The minimum atomic E-state index is -0.399. The molecule has 0 saturated heterocycles. The lowest BCUT2D eigenvalue weighted by atomic mass is 10.1. The van der Waals surface area contributed by atoms with Crippen LogP contribution in [0.15, 0.2) is 91.0 Å². The number of rotatable bonds is 4. The summed E-state index contributed by atoms with van der Waals surface area (Å²) in [5.41, 5.74) is 2.51. The quantitative estimate of drug-likeness (QED) is 0.615. The fraction of sp³-hybridized carbons (Fsp3) is 0.0952. The van der Waals surface area contributed by atoms with Crippen LogP contribution in [0.4, 0.5) is 16.2 Å². The Morgan fingerprint density at radius 2 is 1.17 bits per heavy atom. The van der Waals surface area contributed by atoms with Crippen LogP contribution in [0, 0.1) is 0 Å². The van der Waals surface area contributed by atoms with Crippen molar-refractivity contribution in [2.24, 2.45) is 0 Å². The molecule has 24 heavy (non-hydrogen) atoms. The first kappa shape index (κ1) is 15.8. The molecule has 1 atom stereocenters. The zero-order valence-electron chi connectivity index (χ0n) is 13.5. The summed E-state index contributed by atoms with van der Waals surface area (Å²) >= 11 is 0. The zero-order chi connectivity index (χ0) is 16.8. The molecule has 0 saturated carbocycles. The number of ether oxygens (including phenoxy) is 1. The molecule has 0 radical (unpaired) electrons. The maximum absolute atomic E-state index is 12.8. The van der Waals surface area contributed by atoms with E-state index in [-0.39, 0.29) is 6.10 Å². The van der Waals surface area contributed by atoms with E-state index in [2.05, 4.69) is 0 Å². The first-order chi connectivity index (χ1) is 11.8. The first-order valence-corrected chi connectivity index (χ1v) is 7.91. The van der Waals surface area contributed by atoms with Crippen LogP contribution in [0.3, 0.4) is 0 Å². The van der Waals surface area contributed by atoms with Crippen LogP contribution in [-0.2, 0) is 4.74 Å². The van der Waals surface area contributed by atoms with Gasteiger partial charge in [-0.15, -0.1) is 0 Å². The number of hydrogen-bond donors (Lipinski definition) is 0. The summed E-state index contributed by atoms with van der Waals surface area (Å²) in [6.45, 7) is 1.88. The lowest BCUT2D eigenvalue weighted by Gasteiger charge is -2.24. The van der Waals surface area contributed by atoms with Gasteiger partial charge in [0.1, 0.15) is 6.10 Å². The van der Waals surface area contributed by atoms with Gasteiger partial charge < -0.3 is 4.74 Å². The number of benzene rings is 3. The van der Waals surface area contributed by atoms with E-state index in [1.54, 1.807) is 4.90 Å². The monoisotopic (exact) mass is 317 g/mol. The molecular formula is C21H19NO2. The molecule has 0 spiro atoms. The third-order valence-corrected chi connectivity index (χ3v) is 3.76. The normalized spacial score (nSPS) is 11.5. The van der Waals surface area contributed by atoms with Crippen molar-refractivity contribution < 1.29 is 9.53 Å². The van der Waals surface area contributed by atoms with E-state index in [9.17, 15) is 4.79 Å². The highest BCUT2D eigenvalue weighted by Crippen LogP contribution is 2.28. The molecule has 1 unspecified atom stereocenters. The van der Waals surface area contributed by atoms with Gasteiger partial charge in [-0.1, -0.05) is 66.7 Å². The van der Waals surface area contributed by atoms with Gasteiger partial charge in [0.25, 0.3) is 0 Å². The molecule has 1 amide bonds. The number of hydrogen-bond acceptors (Lipinski definition) is 2. The SMILES string of the molecule is CC(OC(=O)N(c1ccccc1)c1ccccc1)c1ccccc1. The largest absolute Gasteiger partial charge is 0.441 e. The molecule has 3 aromatic rings. The Balaban J connectivity index is 1.87. The maximum Gasteiger partial charge on any atom is 0.419 e. The van der Waals surface area contributed by atoms with Gasteiger partial charge >= 0.3 is 6.09 Å². The molecular weight excluding hydrogens is 298 g/mol. The van der Waals surface area contributed by atoms with Gasteiger partial charge in [0.15, 0.2) is 0 Å². The van der Waals surface area contributed by atoms with E-state index in [1.165, 1.54) is 0 Å². The molecule has 3 rings (SSSR count). The van der Waals surface area contributed by atoms with E-state index >= 15 is 0 Å². The molecule has 0 aromatic heterocycles. The van der Waals surface area contributed by atoms with Crippen LogP contribution in [0.25, 0.3) is 0 Å². The number of nitrogens with zero attached hydrogens (tertiary/aromatic N) is 1. The van der Waals surface area contributed by atoms with Crippen molar-refractivity contribution in [3.8, 4) is 0 Å². The topological polar surface area (TPSA) is 29.5 Å². The van der Waals surface area contributed by atoms with Crippen molar-refractivity contribution in [3.63, 3.8) is 0 Å². The Bertz CT molecular complexity index is 733. The number of anilines is 2. The minimum Gasteiger partial charge on any atom is -0.441 e. The van der Waals surface area contributed by atoms with Gasteiger partial charge in [0.05, 0.1) is 11.4 Å². The van der Waals surface area contributed by atoms with Crippen molar-refractivity contribution >= 4 is 17.5 Å². The van der Waals surface area contributed by atoms with E-state index < -0.39 is 6.09 Å². The third kappa shape index (κ3) is 3.63. The predicted molar refractivity (Wildman–Crippen MR) is 96.4 cm³/mol. The summed E-state index contributed by atoms with van der Waals surface area (Å²) in [4.78, 5) is 14.4. The smallest absolute Gasteiger partial charge is 0.419 e. The summed E-state index contributed by atoms with van der Waals surface area (Å²) in [6.07, 6.45) is -0.725. The molecule has 3 heteroatoms. The molecule has 0 fully saturated rings. The standard InChI is InChI=1S/C21H19NO2/c1-17(18-11-5-2-6-12-18)24-21(23)22(19-13-7-3-8-14-19)20-15-9-4-10-16-20/h2-17H,1H3. The lowest BCUT2D eigenvalue weighted by Crippen LogP contribution is -2.27. The highest BCUT2D eigenvalue weighted by Gasteiger charge is 2.21. The predicted octanol–water partition coefficient (Wildman–Crippen LogP) is 5.72. The van der Waals surface area contributed by atoms with E-state index in [0.29, 0.717) is 0 Å². The van der Waals surface area contributed by atoms with Gasteiger partial charge in [0, 0.05) is 0 Å². The second kappa shape index (κ2) is 7.47. The summed E-state index contributed by atoms with van der Waals surface area (Å²) in [5.74, 6) is 0. The van der Waals surface area contributed by atoms with Gasteiger partial charge in [-0.05, 0) is 36.8 Å². The molecule has 3 aromatic carbocycles. The molecule has 0 aliphatic carbocycles. The molecule has 0 heterocycles. The molecule has 0 N–H and O–H groups in total. The lowest BCUT2D eigenvalue weighted by molar-refractivity contribution is 0.116. The van der Waals surface area contributed by atoms with Gasteiger partial charge in [0.2, 0.25) is 0 Å². The number of carbonyl (C=O) groups excluding carboxylic acids is 1. The Kier molecular flexibility index (Phi) is 4.92. The summed E-state index contributed by atoms with van der Waals surface area (Å²) in [5, 5.41) is 0. The van der Waals surface area contributed by atoms with Crippen LogP contribution < -0.4 is 4.90 Å². The summed E-state index contributed by atoms with van der Waals surface area (Å²) < 4.78 is 5.69. The van der Waals surface area contributed by atoms with Gasteiger partial charge in [-0.2, -0.15) is 0 Å². The van der Waals surface area contributed by atoms with Crippen molar-refractivity contribution in [1.29, 1.82) is 0 Å². The highest BCUT2D eigenvalue weighted by molar-refractivity contribution is 5.96. The number of para-hydroxylation sites is 2. The van der Waals surface area contributed by atoms with E-state index in [0.717, 1.165) is 16.9 Å². The van der Waals surface area contributed by atoms with Crippen molar-refractivity contribution in [2.45, 2.75) is 13.0 Å². The molecule has 3 nitrogen and oxygen atoms in total. The number of amides is 1. The van der Waals surface area contributed by atoms with Crippen LogP contribution in [-0.4, -0.2) is 6.09 Å².